The van der Waals surface area contributed by atoms with Crippen LogP contribution < -0.4 is 10.1 Å². The van der Waals surface area contributed by atoms with Crippen molar-refractivity contribution < 1.29 is 14.3 Å². The summed E-state index contributed by atoms with van der Waals surface area (Å²) in [6.07, 6.45) is 1.65. The van der Waals surface area contributed by atoms with Crippen molar-refractivity contribution in [3.8, 4) is 5.75 Å². The molecule has 2 aromatic carbocycles. The van der Waals surface area contributed by atoms with E-state index in [2.05, 4.69) is 21.2 Å². The Morgan fingerprint density at radius 1 is 1.12 bits per heavy atom. The highest BCUT2D eigenvalue weighted by atomic mass is 79.9. The van der Waals surface area contributed by atoms with Crippen LogP contribution in [-0.4, -0.2) is 23.4 Å². The van der Waals surface area contributed by atoms with Gasteiger partial charge >= 0.3 is 6.03 Å². The summed E-state index contributed by atoms with van der Waals surface area (Å²) in [5.41, 5.74) is 1.87. The summed E-state index contributed by atoms with van der Waals surface area (Å²) >= 11 is 3.37. The van der Waals surface area contributed by atoms with E-state index < -0.39 is 6.03 Å². The average Bonchev–Trinajstić information content (AvgIpc) is 2.86. The number of hydrogen-bond donors (Lipinski definition) is 1. The Balaban J connectivity index is 1.82. The summed E-state index contributed by atoms with van der Waals surface area (Å²) in [6.45, 7) is 2.64. The first-order valence-corrected chi connectivity index (χ1v) is 8.68. The van der Waals surface area contributed by atoms with Crippen molar-refractivity contribution in [3.63, 3.8) is 0 Å². The molecule has 0 unspecified atom stereocenters. The van der Waals surface area contributed by atoms with Crippen LogP contribution in [0.1, 0.15) is 18.1 Å². The monoisotopic (exact) mass is 400 g/mol. The minimum atomic E-state index is -0.423. The Morgan fingerprint density at radius 3 is 2.56 bits per heavy atom. The number of nitrogens with zero attached hydrogens (tertiary/aromatic N) is 1. The number of urea groups is 1. The Morgan fingerprint density at radius 2 is 1.84 bits per heavy atom. The maximum atomic E-state index is 12.6. The Labute approximate surface area is 154 Å². The normalized spacial score (nSPS) is 15.6. The van der Waals surface area contributed by atoms with Crippen LogP contribution in [0.4, 0.5) is 4.79 Å². The molecular weight excluding hydrogens is 384 g/mol. The predicted molar refractivity (Wildman–Crippen MR) is 98.8 cm³/mol. The molecule has 0 radical (unpaired) electrons. The fraction of sp³-hybridized carbons (Fsp3) is 0.158. The molecule has 5 nitrogen and oxygen atoms in total. The molecule has 6 heteroatoms. The molecule has 1 aliphatic heterocycles. The summed E-state index contributed by atoms with van der Waals surface area (Å²) in [5, 5.41) is 2.64. The predicted octanol–water partition coefficient (Wildman–Crippen LogP) is 3.94. The summed E-state index contributed by atoms with van der Waals surface area (Å²) in [6, 6.07) is 14.5. The van der Waals surface area contributed by atoms with Gasteiger partial charge in [0.1, 0.15) is 11.4 Å². The van der Waals surface area contributed by atoms with Crippen LogP contribution in [0.5, 0.6) is 5.75 Å². The average molecular weight is 401 g/mol. The fourth-order valence-electron chi connectivity index (χ4n) is 2.53. The maximum absolute atomic E-state index is 12.6. The third kappa shape index (κ3) is 3.91. The molecule has 3 rings (SSSR count). The van der Waals surface area contributed by atoms with Gasteiger partial charge in [-0.25, -0.2) is 4.79 Å². The van der Waals surface area contributed by atoms with E-state index in [0.717, 1.165) is 15.6 Å². The summed E-state index contributed by atoms with van der Waals surface area (Å²) in [4.78, 5) is 26.0. The third-order valence-corrected chi connectivity index (χ3v) is 4.26. The first kappa shape index (κ1) is 17.2. The first-order chi connectivity index (χ1) is 12.1. The van der Waals surface area contributed by atoms with Gasteiger partial charge in [0.15, 0.2) is 0 Å². The van der Waals surface area contributed by atoms with Crippen molar-refractivity contribution >= 4 is 33.9 Å². The van der Waals surface area contributed by atoms with Gasteiger partial charge in [0.2, 0.25) is 0 Å². The number of para-hydroxylation sites is 1. The lowest BCUT2D eigenvalue weighted by atomic mass is 10.1. The second-order valence-electron chi connectivity index (χ2n) is 5.48. The van der Waals surface area contributed by atoms with Crippen molar-refractivity contribution in [2.24, 2.45) is 0 Å². The molecule has 0 atom stereocenters. The van der Waals surface area contributed by atoms with Gasteiger partial charge < -0.3 is 10.1 Å². The molecule has 0 aliphatic carbocycles. The zero-order valence-electron chi connectivity index (χ0n) is 13.7. The number of nitrogens with one attached hydrogen (secondary N) is 1. The SMILES string of the molecule is CCOc1ccccc1/C=C1\NC(=O)N(Cc2ccc(Br)cc2)C1=O. The van der Waals surface area contributed by atoms with Crippen LogP contribution in [0.25, 0.3) is 6.08 Å². The molecule has 3 amide bonds. The zero-order valence-corrected chi connectivity index (χ0v) is 15.2. The highest BCUT2D eigenvalue weighted by molar-refractivity contribution is 9.10. The van der Waals surface area contributed by atoms with Gasteiger partial charge in [0.05, 0.1) is 13.2 Å². The van der Waals surface area contributed by atoms with Crippen molar-refractivity contribution in [2.45, 2.75) is 13.5 Å². The van der Waals surface area contributed by atoms with Crippen LogP contribution >= 0.6 is 15.9 Å². The lowest BCUT2D eigenvalue weighted by Gasteiger charge is -2.11. The number of carbonyl (C=O) groups excluding carboxylic acids is 2. The quantitative estimate of drug-likeness (QED) is 0.610. The molecule has 0 bridgehead atoms. The number of benzene rings is 2. The van der Waals surface area contributed by atoms with Crippen LogP contribution in [0.2, 0.25) is 0 Å². The van der Waals surface area contributed by atoms with E-state index in [1.165, 1.54) is 4.90 Å². The molecule has 1 saturated heterocycles. The highest BCUT2D eigenvalue weighted by Crippen LogP contribution is 2.23. The van der Waals surface area contributed by atoms with Crippen LogP contribution in [0, 0.1) is 0 Å². The van der Waals surface area contributed by atoms with E-state index in [1.54, 1.807) is 6.08 Å². The number of halogens is 1. The van der Waals surface area contributed by atoms with Gasteiger partial charge in [-0.1, -0.05) is 46.3 Å². The van der Waals surface area contributed by atoms with Crippen molar-refractivity contribution in [2.75, 3.05) is 6.61 Å². The fourth-order valence-corrected chi connectivity index (χ4v) is 2.79. The molecular formula is C19H17BrN2O3. The van der Waals surface area contributed by atoms with Gasteiger partial charge in [-0.15, -0.1) is 0 Å². The molecule has 1 aliphatic rings. The molecule has 2 aromatic rings. The van der Waals surface area contributed by atoms with Crippen molar-refractivity contribution in [1.82, 2.24) is 10.2 Å². The van der Waals surface area contributed by atoms with Crippen LogP contribution in [0.15, 0.2) is 58.7 Å². The Hall–Kier alpha value is -2.60. The summed E-state index contributed by atoms with van der Waals surface area (Å²) in [5.74, 6) is 0.324. The number of amides is 3. The van der Waals surface area contributed by atoms with Crippen LogP contribution in [0.3, 0.4) is 0 Å². The number of imide groups is 1. The second kappa shape index (κ2) is 7.53. The Bertz CT molecular complexity index is 831. The van der Waals surface area contributed by atoms with Crippen LogP contribution in [-0.2, 0) is 11.3 Å². The molecule has 1 fully saturated rings. The number of ether oxygens (including phenoxy) is 1. The second-order valence-corrected chi connectivity index (χ2v) is 6.39. The zero-order chi connectivity index (χ0) is 17.8. The minimum absolute atomic E-state index is 0.225. The topological polar surface area (TPSA) is 58.6 Å². The van der Waals surface area contributed by atoms with Gasteiger partial charge in [-0.2, -0.15) is 0 Å². The van der Waals surface area contributed by atoms with Gasteiger partial charge in [-0.3, -0.25) is 9.69 Å². The molecule has 128 valence electrons. The van der Waals surface area contributed by atoms with E-state index in [1.807, 2.05) is 55.5 Å². The van der Waals surface area contributed by atoms with E-state index in [9.17, 15) is 9.59 Å². The lowest BCUT2D eigenvalue weighted by Crippen LogP contribution is -2.30. The van der Waals surface area contributed by atoms with Crippen molar-refractivity contribution in [3.05, 3.63) is 69.8 Å². The molecule has 25 heavy (non-hydrogen) atoms. The van der Waals surface area contributed by atoms with Crippen molar-refractivity contribution in [1.29, 1.82) is 0 Å². The van der Waals surface area contributed by atoms with Gasteiger partial charge in [0.25, 0.3) is 5.91 Å². The van der Waals surface area contributed by atoms with E-state index in [4.69, 9.17) is 4.74 Å². The molecule has 1 N–H and O–H groups in total. The lowest BCUT2D eigenvalue weighted by molar-refractivity contribution is -0.123. The first-order valence-electron chi connectivity index (χ1n) is 7.89. The van der Waals surface area contributed by atoms with Gasteiger partial charge in [-0.05, 0) is 36.8 Å². The largest absolute Gasteiger partial charge is 0.493 e. The minimum Gasteiger partial charge on any atom is -0.493 e. The maximum Gasteiger partial charge on any atom is 0.329 e. The van der Waals surface area contributed by atoms with E-state index >= 15 is 0 Å². The molecule has 0 aromatic heterocycles. The van der Waals surface area contributed by atoms with Gasteiger partial charge in [0, 0.05) is 10.0 Å². The molecule has 0 saturated carbocycles. The molecule has 0 spiro atoms. The van der Waals surface area contributed by atoms with E-state index in [-0.39, 0.29) is 18.1 Å². The standard InChI is InChI=1S/C19H17BrN2O3/c1-2-25-17-6-4-3-5-14(17)11-16-18(23)22(19(24)21-16)12-13-7-9-15(20)10-8-13/h3-11H,2,12H2,1H3,(H,21,24)/b16-11-. The summed E-state index contributed by atoms with van der Waals surface area (Å²) < 4.78 is 6.50. The Kier molecular flexibility index (Phi) is 5.19. The third-order valence-electron chi connectivity index (χ3n) is 3.73. The number of rotatable bonds is 5. The highest BCUT2D eigenvalue weighted by Gasteiger charge is 2.33. The van der Waals surface area contributed by atoms with E-state index in [0.29, 0.717) is 12.4 Å². The number of carbonyl (C=O) groups is 2. The molecule has 1 heterocycles. The summed E-state index contributed by atoms with van der Waals surface area (Å²) in [7, 11) is 0. The number of hydrogen-bond acceptors (Lipinski definition) is 3. The smallest absolute Gasteiger partial charge is 0.329 e.